The average molecular weight is 323 g/mol. The fourth-order valence-electron chi connectivity index (χ4n) is 6.35. The number of likely N-dealkylation sites (tertiary alicyclic amines) is 1. The minimum absolute atomic E-state index is 0.0695. The standard InChI is InChI=1S/C20H36NO2/c1-20(2)16-8-7-15(11-16)18(20)12-19-22-14-17(23-19)13-21(3)9-5-4-6-10-21/h15-19H,4-14H2,1-3H3/q+1. The van der Waals surface area contributed by atoms with Gasteiger partial charge < -0.3 is 14.0 Å². The van der Waals surface area contributed by atoms with Crippen molar-refractivity contribution in [3.63, 3.8) is 0 Å². The highest BCUT2D eigenvalue weighted by atomic mass is 16.7. The van der Waals surface area contributed by atoms with Gasteiger partial charge in [0.05, 0.1) is 26.7 Å². The summed E-state index contributed by atoms with van der Waals surface area (Å²) < 4.78 is 13.6. The highest BCUT2D eigenvalue weighted by Gasteiger charge is 2.53. The van der Waals surface area contributed by atoms with Crippen LogP contribution in [0.3, 0.4) is 0 Å². The van der Waals surface area contributed by atoms with Crippen molar-refractivity contribution in [2.45, 2.75) is 71.2 Å². The average Bonchev–Trinajstić information content (AvgIpc) is 3.18. The Hall–Kier alpha value is -0.120. The monoisotopic (exact) mass is 322 g/mol. The molecular formula is C20H36NO2+. The summed E-state index contributed by atoms with van der Waals surface area (Å²) in [5, 5.41) is 0. The lowest BCUT2D eigenvalue weighted by atomic mass is 9.67. The van der Waals surface area contributed by atoms with Crippen molar-refractivity contribution in [3.05, 3.63) is 0 Å². The van der Waals surface area contributed by atoms with Crippen molar-refractivity contribution in [2.24, 2.45) is 23.2 Å². The van der Waals surface area contributed by atoms with Gasteiger partial charge in [-0.05, 0) is 61.7 Å². The zero-order valence-corrected chi connectivity index (χ0v) is 15.4. The molecule has 2 aliphatic carbocycles. The summed E-state index contributed by atoms with van der Waals surface area (Å²) >= 11 is 0. The van der Waals surface area contributed by atoms with Gasteiger partial charge in [-0.2, -0.15) is 0 Å². The topological polar surface area (TPSA) is 18.5 Å². The maximum absolute atomic E-state index is 6.35. The summed E-state index contributed by atoms with van der Waals surface area (Å²) in [5.41, 5.74) is 0.499. The highest BCUT2D eigenvalue weighted by Crippen LogP contribution is 2.60. The number of hydrogen-bond donors (Lipinski definition) is 0. The summed E-state index contributed by atoms with van der Waals surface area (Å²) in [6.45, 7) is 9.60. The van der Waals surface area contributed by atoms with E-state index in [4.69, 9.17) is 9.47 Å². The Kier molecular flexibility index (Phi) is 4.26. The maximum atomic E-state index is 6.35. The third-order valence-corrected chi connectivity index (χ3v) is 7.85. The number of fused-ring (bicyclic) bond motifs is 2. The van der Waals surface area contributed by atoms with E-state index in [1.165, 1.54) is 56.1 Å². The van der Waals surface area contributed by atoms with Crippen molar-refractivity contribution in [1.29, 1.82) is 0 Å². The van der Waals surface area contributed by atoms with Gasteiger partial charge in [0.15, 0.2) is 6.29 Å². The molecule has 132 valence electrons. The van der Waals surface area contributed by atoms with Crippen LogP contribution in [0.1, 0.15) is 58.8 Å². The second-order valence-corrected chi connectivity index (χ2v) is 9.76. The summed E-state index contributed by atoms with van der Waals surface area (Å²) in [6, 6.07) is 0. The van der Waals surface area contributed by atoms with E-state index in [1.54, 1.807) is 0 Å². The van der Waals surface area contributed by atoms with E-state index in [9.17, 15) is 0 Å². The van der Waals surface area contributed by atoms with Crippen molar-refractivity contribution in [1.82, 2.24) is 0 Å². The van der Waals surface area contributed by atoms with Gasteiger partial charge in [-0.3, -0.25) is 0 Å². The Morgan fingerprint density at radius 3 is 2.57 bits per heavy atom. The molecule has 2 bridgehead atoms. The third kappa shape index (κ3) is 3.09. The van der Waals surface area contributed by atoms with Crippen molar-refractivity contribution >= 4 is 0 Å². The zero-order chi connectivity index (χ0) is 16.1. The zero-order valence-electron chi connectivity index (χ0n) is 15.4. The van der Waals surface area contributed by atoms with Gasteiger partial charge in [-0.25, -0.2) is 0 Å². The van der Waals surface area contributed by atoms with Gasteiger partial charge in [0.1, 0.15) is 12.6 Å². The normalized spacial score (nSPS) is 44.7. The van der Waals surface area contributed by atoms with Crippen LogP contribution in [0.15, 0.2) is 0 Å². The van der Waals surface area contributed by atoms with Gasteiger partial charge >= 0.3 is 0 Å². The Morgan fingerprint density at radius 2 is 1.87 bits per heavy atom. The maximum Gasteiger partial charge on any atom is 0.158 e. The van der Waals surface area contributed by atoms with Crippen LogP contribution < -0.4 is 0 Å². The molecule has 3 nitrogen and oxygen atoms in total. The molecule has 2 saturated carbocycles. The largest absolute Gasteiger partial charge is 0.350 e. The molecule has 2 aliphatic heterocycles. The molecular weight excluding hydrogens is 286 g/mol. The predicted octanol–water partition coefficient (Wildman–Crippen LogP) is 3.82. The summed E-state index contributed by atoms with van der Waals surface area (Å²) in [6.07, 6.45) is 10.1. The Balaban J connectivity index is 1.31. The van der Waals surface area contributed by atoms with Crippen LogP contribution in [0.25, 0.3) is 0 Å². The highest BCUT2D eigenvalue weighted by molar-refractivity contribution is 5.01. The fourth-order valence-corrected chi connectivity index (χ4v) is 6.35. The molecule has 3 heteroatoms. The quantitative estimate of drug-likeness (QED) is 0.733. The summed E-state index contributed by atoms with van der Waals surface area (Å²) in [4.78, 5) is 0. The molecule has 0 N–H and O–H groups in total. The number of quaternary nitrogens is 1. The lowest BCUT2D eigenvalue weighted by Crippen LogP contribution is -2.52. The van der Waals surface area contributed by atoms with Gasteiger partial charge in [-0.1, -0.05) is 13.8 Å². The van der Waals surface area contributed by atoms with E-state index >= 15 is 0 Å². The molecule has 4 fully saturated rings. The number of piperidine rings is 1. The van der Waals surface area contributed by atoms with Gasteiger partial charge in [0.2, 0.25) is 0 Å². The molecule has 4 rings (SSSR count). The number of likely N-dealkylation sites (N-methyl/N-ethyl adjacent to an activating group) is 1. The minimum Gasteiger partial charge on any atom is -0.350 e. The first-order valence-corrected chi connectivity index (χ1v) is 10.1. The SMILES string of the molecule is CC1(C)C2CCC(C2)C1CC1OCC(C[N+]2(C)CCCCC2)O1. The van der Waals surface area contributed by atoms with E-state index in [1.807, 2.05) is 0 Å². The van der Waals surface area contributed by atoms with Crippen LogP contribution >= 0.6 is 0 Å². The molecule has 23 heavy (non-hydrogen) atoms. The first-order chi connectivity index (χ1) is 11.0. The molecule has 0 aromatic heterocycles. The lowest BCUT2D eigenvalue weighted by molar-refractivity contribution is -0.916. The molecule has 0 aromatic rings. The van der Waals surface area contributed by atoms with E-state index < -0.39 is 0 Å². The smallest absolute Gasteiger partial charge is 0.158 e. The van der Waals surface area contributed by atoms with E-state index in [0.29, 0.717) is 11.5 Å². The van der Waals surface area contributed by atoms with Gasteiger partial charge in [-0.15, -0.1) is 0 Å². The summed E-state index contributed by atoms with van der Waals surface area (Å²) in [7, 11) is 2.41. The van der Waals surface area contributed by atoms with Crippen LogP contribution in [0.4, 0.5) is 0 Å². The van der Waals surface area contributed by atoms with Crippen LogP contribution in [0, 0.1) is 23.2 Å². The second kappa shape index (κ2) is 6.00. The molecule has 5 unspecified atom stereocenters. The molecule has 5 atom stereocenters. The van der Waals surface area contributed by atoms with Crippen molar-refractivity contribution in [3.8, 4) is 0 Å². The van der Waals surface area contributed by atoms with Crippen molar-refractivity contribution < 1.29 is 14.0 Å². The van der Waals surface area contributed by atoms with E-state index in [0.717, 1.165) is 37.3 Å². The van der Waals surface area contributed by atoms with E-state index in [2.05, 4.69) is 20.9 Å². The fraction of sp³-hybridized carbons (Fsp3) is 1.00. The number of nitrogens with zero attached hydrogens (tertiary/aromatic N) is 1. The number of rotatable bonds is 4. The first-order valence-electron chi connectivity index (χ1n) is 10.1. The lowest BCUT2D eigenvalue weighted by Gasteiger charge is -2.40. The Bertz CT molecular complexity index is 429. The van der Waals surface area contributed by atoms with Crippen molar-refractivity contribution in [2.75, 3.05) is 33.3 Å². The van der Waals surface area contributed by atoms with Gasteiger partial charge in [0, 0.05) is 6.42 Å². The van der Waals surface area contributed by atoms with E-state index in [-0.39, 0.29) is 6.29 Å². The molecule has 0 spiro atoms. The van der Waals surface area contributed by atoms with Gasteiger partial charge in [0.25, 0.3) is 0 Å². The third-order valence-electron chi connectivity index (χ3n) is 7.85. The Labute approximate surface area is 142 Å². The molecule has 2 saturated heterocycles. The number of ether oxygens (including phenoxy) is 2. The minimum atomic E-state index is 0.0695. The first kappa shape index (κ1) is 16.4. The second-order valence-electron chi connectivity index (χ2n) is 9.76. The number of hydrogen-bond acceptors (Lipinski definition) is 2. The molecule has 2 heterocycles. The van der Waals surface area contributed by atoms with Crippen LogP contribution in [-0.4, -0.2) is 50.2 Å². The molecule has 0 aromatic carbocycles. The van der Waals surface area contributed by atoms with Crippen LogP contribution in [0.5, 0.6) is 0 Å². The Morgan fingerprint density at radius 1 is 1.09 bits per heavy atom. The predicted molar refractivity (Wildman–Crippen MR) is 92.0 cm³/mol. The summed E-state index contributed by atoms with van der Waals surface area (Å²) in [5.74, 6) is 2.70. The molecule has 4 aliphatic rings. The molecule has 0 amide bonds. The van der Waals surface area contributed by atoms with Crippen LogP contribution in [0.2, 0.25) is 0 Å². The van der Waals surface area contributed by atoms with Crippen LogP contribution in [-0.2, 0) is 9.47 Å². The molecule has 0 radical (unpaired) electrons.